The van der Waals surface area contributed by atoms with Crippen LogP contribution in [0.2, 0.25) is 0 Å². The van der Waals surface area contributed by atoms with E-state index in [2.05, 4.69) is 4.98 Å². The average molecular weight is 440 g/mol. The molecule has 0 spiro atoms. The third-order valence-corrected chi connectivity index (χ3v) is 6.13. The van der Waals surface area contributed by atoms with Gasteiger partial charge in [0, 0.05) is 37.5 Å². The van der Waals surface area contributed by atoms with Crippen LogP contribution in [0.5, 0.6) is 0 Å². The highest BCUT2D eigenvalue weighted by atomic mass is 32.2. The maximum atomic E-state index is 12.9. The van der Waals surface area contributed by atoms with Gasteiger partial charge in [0.2, 0.25) is 0 Å². The molecule has 1 fully saturated rings. The lowest BCUT2D eigenvalue weighted by atomic mass is 10.1. The molecule has 31 heavy (non-hydrogen) atoms. The third-order valence-electron chi connectivity index (χ3n) is 5.23. The number of rotatable bonds is 5. The summed E-state index contributed by atoms with van der Waals surface area (Å²) in [6.07, 6.45) is -0.317. The molecule has 2 aromatic carbocycles. The SMILES string of the molecule is CCOC(=O)N1CCN(C(=O)c2cccc(CSc3nc4c(C)cccc4o3)c2)CC1. The molecule has 0 bridgehead atoms. The van der Waals surface area contributed by atoms with Crippen LogP contribution >= 0.6 is 11.8 Å². The molecule has 8 heteroatoms. The van der Waals surface area contributed by atoms with Crippen molar-refractivity contribution in [1.82, 2.24) is 14.8 Å². The van der Waals surface area contributed by atoms with E-state index in [1.807, 2.05) is 49.4 Å². The molecule has 0 N–H and O–H groups in total. The van der Waals surface area contributed by atoms with E-state index < -0.39 is 0 Å². The van der Waals surface area contributed by atoms with Crippen LogP contribution in [0.4, 0.5) is 4.79 Å². The Bertz CT molecular complexity index is 1090. The lowest BCUT2D eigenvalue weighted by Gasteiger charge is -2.34. The fourth-order valence-corrected chi connectivity index (χ4v) is 4.33. The smallest absolute Gasteiger partial charge is 0.409 e. The van der Waals surface area contributed by atoms with Crippen LogP contribution in [0.25, 0.3) is 11.1 Å². The summed E-state index contributed by atoms with van der Waals surface area (Å²) < 4.78 is 10.9. The van der Waals surface area contributed by atoms with Crippen LogP contribution < -0.4 is 0 Å². The minimum Gasteiger partial charge on any atom is -0.450 e. The van der Waals surface area contributed by atoms with Crippen molar-refractivity contribution in [3.8, 4) is 0 Å². The Morgan fingerprint density at radius 1 is 1.10 bits per heavy atom. The van der Waals surface area contributed by atoms with Crippen molar-refractivity contribution in [2.75, 3.05) is 32.8 Å². The van der Waals surface area contributed by atoms with Crippen LogP contribution in [-0.4, -0.2) is 59.6 Å². The summed E-state index contributed by atoms with van der Waals surface area (Å²) in [6, 6.07) is 13.5. The lowest BCUT2D eigenvalue weighted by molar-refractivity contribution is 0.0570. The maximum Gasteiger partial charge on any atom is 0.409 e. The van der Waals surface area contributed by atoms with Crippen LogP contribution in [0.1, 0.15) is 28.4 Å². The quantitative estimate of drug-likeness (QED) is 0.551. The largest absolute Gasteiger partial charge is 0.450 e. The number of thioether (sulfide) groups is 1. The highest BCUT2D eigenvalue weighted by Crippen LogP contribution is 2.28. The van der Waals surface area contributed by atoms with Gasteiger partial charge >= 0.3 is 6.09 Å². The van der Waals surface area contributed by atoms with Gasteiger partial charge in [0.15, 0.2) is 5.58 Å². The molecule has 0 radical (unpaired) electrons. The number of ether oxygens (including phenoxy) is 1. The Balaban J connectivity index is 1.37. The highest BCUT2D eigenvalue weighted by Gasteiger charge is 2.25. The first-order valence-corrected chi connectivity index (χ1v) is 11.3. The number of oxazole rings is 1. The summed E-state index contributed by atoms with van der Waals surface area (Å²) in [5.74, 6) is 0.636. The van der Waals surface area contributed by atoms with Gasteiger partial charge in [-0.25, -0.2) is 9.78 Å². The van der Waals surface area contributed by atoms with Gasteiger partial charge in [0.25, 0.3) is 11.1 Å². The second-order valence-electron chi connectivity index (χ2n) is 7.37. The molecule has 4 rings (SSSR count). The number of benzene rings is 2. The lowest BCUT2D eigenvalue weighted by Crippen LogP contribution is -2.50. The predicted molar refractivity (Wildman–Crippen MR) is 119 cm³/mol. The molecule has 2 heterocycles. The number of piperazine rings is 1. The number of fused-ring (bicyclic) bond motifs is 1. The van der Waals surface area contributed by atoms with Crippen LogP contribution in [0.3, 0.4) is 0 Å². The molecule has 1 aliphatic heterocycles. The van der Waals surface area contributed by atoms with Gasteiger partial charge in [0.1, 0.15) is 5.52 Å². The second kappa shape index (κ2) is 9.43. The fourth-order valence-electron chi connectivity index (χ4n) is 3.56. The Kier molecular flexibility index (Phi) is 6.46. The van der Waals surface area contributed by atoms with Crippen molar-refractivity contribution in [2.24, 2.45) is 0 Å². The van der Waals surface area contributed by atoms with Gasteiger partial charge in [-0.1, -0.05) is 36.0 Å². The van der Waals surface area contributed by atoms with Crippen LogP contribution in [0.15, 0.2) is 52.1 Å². The zero-order valence-electron chi connectivity index (χ0n) is 17.7. The standard InChI is InChI=1S/C23H25N3O4S/c1-3-29-23(28)26-12-10-25(11-13-26)21(27)18-8-5-7-17(14-18)15-31-22-24-20-16(2)6-4-9-19(20)30-22/h4-9,14H,3,10-13,15H2,1-2H3. The number of carbonyl (C=O) groups is 2. The molecule has 7 nitrogen and oxygen atoms in total. The highest BCUT2D eigenvalue weighted by molar-refractivity contribution is 7.98. The number of carbonyl (C=O) groups excluding carboxylic acids is 2. The summed E-state index contributed by atoms with van der Waals surface area (Å²) >= 11 is 1.51. The van der Waals surface area contributed by atoms with Crippen molar-refractivity contribution in [3.05, 3.63) is 59.2 Å². The minimum atomic E-state index is -0.317. The van der Waals surface area contributed by atoms with Gasteiger partial charge in [0.05, 0.1) is 6.61 Å². The van der Waals surface area contributed by atoms with Gasteiger partial charge in [-0.05, 0) is 43.2 Å². The van der Waals surface area contributed by atoms with E-state index in [0.717, 1.165) is 22.2 Å². The first-order valence-electron chi connectivity index (χ1n) is 10.3. The zero-order valence-corrected chi connectivity index (χ0v) is 18.5. The van der Waals surface area contributed by atoms with Crippen LogP contribution in [-0.2, 0) is 10.5 Å². The van der Waals surface area contributed by atoms with Gasteiger partial charge < -0.3 is 19.0 Å². The Morgan fingerprint density at radius 2 is 1.84 bits per heavy atom. The number of aromatic nitrogens is 1. The van der Waals surface area contributed by atoms with Crippen molar-refractivity contribution in [3.63, 3.8) is 0 Å². The number of aryl methyl sites for hydroxylation is 1. The molecule has 1 saturated heterocycles. The third kappa shape index (κ3) is 4.85. The molecule has 0 unspecified atom stereocenters. The summed E-state index contributed by atoms with van der Waals surface area (Å²) in [5, 5.41) is 0.621. The fraction of sp³-hybridized carbons (Fsp3) is 0.348. The van der Waals surface area contributed by atoms with Crippen molar-refractivity contribution < 1.29 is 18.7 Å². The van der Waals surface area contributed by atoms with Gasteiger partial charge in [-0.15, -0.1) is 0 Å². The molecule has 2 amide bonds. The molecule has 1 aliphatic rings. The van der Waals surface area contributed by atoms with Crippen molar-refractivity contribution >= 4 is 34.9 Å². The maximum absolute atomic E-state index is 12.9. The Labute approximate surface area is 185 Å². The van der Waals surface area contributed by atoms with Gasteiger partial charge in [-0.3, -0.25) is 4.79 Å². The minimum absolute atomic E-state index is 0.0205. The van der Waals surface area contributed by atoms with Crippen LogP contribution in [0, 0.1) is 6.92 Å². The number of para-hydroxylation sites is 1. The van der Waals surface area contributed by atoms with Crippen molar-refractivity contribution in [1.29, 1.82) is 0 Å². The molecule has 0 saturated carbocycles. The molecule has 162 valence electrons. The Hall–Kier alpha value is -3.00. The van der Waals surface area contributed by atoms with Crippen molar-refractivity contribution in [2.45, 2.75) is 24.8 Å². The van der Waals surface area contributed by atoms with E-state index in [-0.39, 0.29) is 12.0 Å². The number of amides is 2. The summed E-state index contributed by atoms with van der Waals surface area (Å²) in [4.78, 5) is 32.8. The monoisotopic (exact) mass is 439 g/mol. The van der Waals surface area contributed by atoms with E-state index in [1.165, 1.54) is 11.8 Å². The summed E-state index contributed by atoms with van der Waals surface area (Å²) in [5.41, 5.74) is 4.43. The summed E-state index contributed by atoms with van der Waals surface area (Å²) in [7, 11) is 0. The first-order chi connectivity index (χ1) is 15.0. The molecule has 0 aliphatic carbocycles. The molecular formula is C23H25N3O4S. The second-order valence-corrected chi connectivity index (χ2v) is 8.30. The predicted octanol–water partition coefficient (Wildman–Crippen LogP) is 4.34. The average Bonchev–Trinajstić information content (AvgIpc) is 3.22. The van der Waals surface area contributed by atoms with E-state index in [0.29, 0.717) is 49.3 Å². The molecule has 3 aromatic rings. The van der Waals surface area contributed by atoms with E-state index >= 15 is 0 Å². The first kappa shape index (κ1) is 21.2. The summed E-state index contributed by atoms with van der Waals surface area (Å²) in [6.45, 7) is 6.12. The molecule has 1 aromatic heterocycles. The number of nitrogens with zero attached hydrogens (tertiary/aromatic N) is 3. The zero-order chi connectivity index (χ0) is 21.8. The normalized spacial score (nSPS) is 14.1. The van der Waals surface area contributed by atoms with E-state index in [1.54, 1.807) is 16.7 Å². The molecule has 0 atom stereocenters. The van der Waals surface area contributed by atoms with E-state index in [4.69, 9.17) is 9.15 Å². The number of hydrogen-bond acceptors (Lipinski definition) is 6. The Morgan fingerprint density at radius 3 is 2.58 bits per heavy atom. The number of hydrogen-bond donors (Lipinski definition) is 0. The van der Waals surface area contributed by atoms with E-state index in [9.17, 15) is 9.59 Å². The topological polar surface area (TPSA) is 75.9 Å². The van der Waals surface area contributed by atoms with Gasteiger partial charge in [-0.2, -0.15) is 0 Å². The molecular weight excluding hydrogens is 414 g/mol.